The van der Waals surface area contributed by atoms with E-state index in [1.807, 2.05) is 57.4 Å². The first kappa shape index (κ1) is 80.2. The zero-order valence-corrected chi connectivity index (χ0v) is 53.5. The van der Waals surface area contributed by atoms with Crippen LogP contribution in [0.2, 0.25) is 0 Å². The van der Waals surface area contributed by atoms with Gasteiger partial charge in [-0.15, -0.1) is 10.2 Å². The monoisotopic (exact) mass is 1350 g/mol. The number of ketones is 1. The van der Waals surface area contributed by atoms with Gasteiger partial charge in [0.25, 0.3) is 17.7 Å². The van der Waals surface area contributed by atoms with E-state index in [2.05, 4.69) is 85.6 Å². The van der Waals surface area contributed by atoms with E-state index >= 15 is 0 Å². The number of carboxylic acids is 1. The molecule has 0 saturated carbocycles. The van der Waals surface area contributed by atoms with Crippen LogP contribution < -0.4 is 39.1 Å². The van der Waals surface area contributed by atoms with E-state index in [0.29, 0.717) is 76.2 Å². The number of hydrazine groups is 3. The molecule has 502 valence electrons. The number of benzene rings is 2. The van der Waals surface area contributed by atoms with Crippen molar-refractivity contribution < 1.29 is 86.6 Å². The Bertz CT molecular complexity index is 2940. The Morgan fingerprint density at radius 3 is 1.44 bits per heavy atom. The standard InChI is InChI=1S/C19H22N6O4.C13H13N3O2.C8H13NO4.C6H11N3O3.C4H7BrO2.C4H7NO2.C2H6O.H4N2/c1-13-7-14(2)9-15(8-13)19-20-12-25(23-19)4-3-16(26)21-22-17(27)10-24-5-6-29-11-18(24)28;1-9-5-10(2)7-11(6-9)13-14-8-16(15-13)4-3-12(17)18;1-12-5-7(10)4-9-2-3-13-6-8(9)11;7-8-5(10)3-9-1-2-12-4-6(9)11;1-2-7-4(6)3-5;6-4-3-7-2-1-5-4;1-2-3;1-2/h3-4,7-9,12H,5-6,10-11H2,1-2H3,(H,21,26)(H,22,27);3-8H,1-2H3,(H,17,18);2-6H2,1H3;1-4,7H2,(H,8,10);2-3H2,1H3;1-3H2,(H,5,6);3H,2H2,1H3;1-2H2/b2*4-3-;;;;;;. The predicted molar refractivity (Wildman–Crippen MR) is 331 cm³/mol. The Kier molecular flexibility index (Phi) is 41.6. The molecule has 0 aliphatic carbocycles. The highest BCUT2D eigenvalue weighted by molar-refractivity contribution is 9.09. The molecule has 4 aromatic rings. The van der Waals surface area contributed by atoms with Crippen molar-refractivity contribution in [2.75, 3.05) is 131 Å². The molecule has 2 aromatic heterocycles. The lowest BCUT2D eigenvalue weighted by molar-refractivity contribution is -0.146. The Hall–Kier alpha value is -8.78. The summed E-state index contributed by atoms with van der Waals surface area (Å²) in [5.41, 5.74) is 12.8. The summed E-state index contributed by atoms with van der Waals surface area (Å²) < 4.78 is 31.5. The van der Waals surface area contributed by atoms with Crippen LogP contribution in [0.5, 0.6) is 0 Å². The number of aromatic nitrogens is 6. The summed E-state index contributed by atoms with van der Waals surface area (Å²) in [5, 5.41) is 27.5. The molecular weight excluding hydrogens is 1260 g/mol. The number of carboxylic acid groups (broad SMARTS) is 1. The number of nitrogens with one attached hydrogen (secondary N) is 4. The van der Waals surface area contributed by atoms with Crippen LogP contribution >= 0.6 is 15.9 Å². The molecule has 0 atom stereocenters. The third-order valence-electron chi connectivity index (χ3n) is 11.0. The second-order valence-electron chi connectivity index (χ2n) is 18.7. The molecule has 0 spiro atoms. The maximum atomic E-state index is 11.9. The number of aliphatic carboxylic acids is 1. The van der Waals surface area contributed by atoms with Crippen molar-refractivity contribution in [3.05, 3.63) is 83.5 Å². The molecule has 4 aliphatic heterocycles. The highest BCUT2D eigenvalue weighted by Gasteiger charge is 2.23. The Morgan fingerprint density at radius 2 is 1.09 bits per heavy atom. The minimum atomic E-state index is -1.02. The first-order valence-corrected chi connectivity index (χ1v) is 28.9. The van der Waals surface area contributed by atoms with Crippen LogP contribution in [0.25, 0.3) is 35.2 Å². The second kappa shape index (κ2) is 47.2. The van der Waals surface area contributed by atoms with Gasteiger partial charge >= 0.3 is 11.9 Å². The Morgan fingerprint density at radius 1 is 0.659 bits per heavy atom. The van der Waals surface area contributed by atoms with Crippen LogP contribution in [-0.2, 0) is 76.4 Å². The van der Waals surface area contributed by atoms with Gasteiger partial charge in [-0.1, -0.05) is 50.3 Å². The van der Waals surface area contributed by atoms with Crippen molar-refractivity contribution in [3.8, 4) is 22.8 Å². The van der Waals surface area contributed by atoms with E-state index < -0.39 is 17.8 Å². The van der Waals surface area contributed by atoms with Crippen molar-refractivity contribution in [1.82, 2.24) is 65.8 Å². The topological polar surface area (TPSA) is 464 Å². The number of halogens is 1. The lowest BCUT2D eigenvalue weighted by atomic mass is 10.1. The quantitative estimate of drug-likeness (QED) is 0.0146. The fraction of sp³-hybridized carbons (Fsp3) is 0.464. The zero-order chi connectivity index (χ0) is 68.1. The highest BCUT2D eigenvalue weighted by Crippen LogP contribution is 2.19. The first-order chi connectivity index (χ1) is 43.5. The SMILES string of the molecule is CCO.CCOC(=O)CBr.COCC(=O)CN1CCOCC1=O.Cc1cc(C)cc(-c2ncn(/C=C\C(=O)NNC(=O)CN3CCOCC3=O)n2)c1.Cc1cc(C)cc(-c2ncn(/C=C\C(=O)O)n2)c1.NN.NNC(=O)CN1CCOCC1=O.O=C1COCCN1. The molecule has 4 fully saturated rings. The van der Waals surface area contributed by atoms with Gasteiger partial charge in [0, 0.05) is 75.6 Å². The molecule has 4 saturated heterocycles. The Labute approximate surface area is 534 Å². The van der Waals surface area contributed by atoms with E-state index in [4.69, 9.17) is 35.0 Å². The number of carbonyl (C=O) groups is 10. The molecule has 2 aromatic carbocycles. The zero-order valence-electron chi connectivity index (χ0n) is 51.9. The normalized spacial score (nSPS) is 14.1. The lowest BCUT2D eigenvalue weighted by Gasteiger charge is -2.25. The molecule has 0 bridgehead atoms. The summed E-state index contributed by atoms with van der Waals surface area (Å²) in [7, 11) is 1.46. The second-order valence-corrected chi connectivity index (χ2v) is 19.2. The molecule has 6 heterocycles. The maximum absolute atomic E-state index is 11.9. The minimum Gasteiger partial charge on any atom is -0.478 e. The molecule has 34 nitrogen and oxygen atoms in total. The van der Waals surface area contributed by atoms with E-state index in [0.717, 1.165) is 39.5 Å². The van der Waals surface area contributed by atoms with Crippen molar-refractivity contribution >= 4 is 87.4 Å². The number of alkyl halides is 1. The summed E-state index contributed by atoms with van der Waals surface area (Å²) in [4.78, 5) is 123. The molecule has 0 unspecified atom stereocenters. The number of morpholine rings is 4. The van der Waals surface area contributed by atoms with Crippen LogP contribution in [0.3, 0.4) is 0 Å². The number of aryl methyl sites for hydroxylation is 4. The average molecular weight is 1350 g/mol. The van der Waals surface area contributed by atoms with Gasteiger partial charge in [0.2, 0.25) is 23.6 Å². The van der Waals surface area contributed by atoms with Crippen molar-refractivity contribution in [2.45, 2.75) is 41.5 Å². The van der Waals surface area contributed by atoms with E-state index in [-0.39, 0.29) is 101 Å². The van der Waals surface area contributed by atoms with Gasteiger partial charge in [0.05, 0.1) is 39.6 Å². The number of nitrogens with two attached hydrogens (primary N) is 3. The highest BCUT2D eigenvalue weighted by atomic mass is 79.9. The molecule has 7 amide bonds. The fourth-order valence-corrected chi connectivity index (χ4v) is 7.47. The number of esters is 1. The van der Waals surface area contributed by atoms with Crippen LogP contribution in [0.1, 0.15) is 36.1 Å². The number of ether oxygens (including phenoxy) is 6. The predicted octanol–water partition coefficient (Wildman–Crippen LogP) is -2.05. The molecule has 4 aliphatic rings. The van der Waals surface area contributed by atoms with Gasteiger partial charge in [-0.3, -0.25) is 71.1 Å². The maximum Gasteiger partial charge on any atom is 0.329 e. The smallest absolute Gasteiger partial charge is 0.329 e. The number of methoxy groups -OCH3 is 1. The van der Waals surface area contributed by atoms with Gasteiger partial charge in [-0.2, -0.15) is 0 Å². The average Bonchev–Trinajstić information content (AvgIpc) is 2.28. The number of Topliss-reactive ketones (excluding diaryl/α,β-unsaturated/α-hetero) is 1. The number of aliphatic hydroxyl groups excluding tert-OH is 1. The number of carbonyl (C=O) groups excluding carboxylic acids is 9. The third-order valence-corrected chi connectivity index (χ3v) is 11.5. The van der Waals surface area contributed by atoms with Crippen LogP contribution in [0, 0.1) is 27.7 Å². The number of hydrogen-bond donors (Lipinski definition) is 9. The van der Waals surface area contributed by atoms with Crippen molar-refractivity contribution in [3.63, 3.8) is 0 Å². The largest absolute Gasteiger partial charge is 0.478 e. The fourth-order valence-electron chi connectivity index (χ4n) is 7.30. The number of hydrogen-bond acceptors (Lipinski definition) is 24. The number of nitrogens with zero attached hydrogens (tertiary/aromatic N) is 9. The summed E-state index contributed by atoms with van der Waals surface area (Å²) in [6, 6.07) is 12.1. The van der Waals surface area contributed by atoms with Gasteiger partial charge in [-0.25, -0.2) is 30.0 Å². The molecule has 8 rings (SSSR count). The van der Waals surface area contributed by atoms with Crippen molar-refractivity contribution in [2.24, 2.45) is 17.5 Å². The first-order valence-electron chi connectivity index (χ1n) is 27.8. The summed E-state index contributed by atoms with van der Waals surface area (Å²) in [6.45, 7) is 16.6. The van der Waals surface area contributed by atoms with Gasteiger partial charge in [0.15, 0.2) is 17.4 Å². The van der Waals surface area contributed by atoms with Gasteiger partial charge in [-0.05, 0) is 65.8 Å². The van der Waals surface area contributed by atoms with Gasteiger partial charge in [0.1, 0.15) is 64.1 Å². The summed E-state index contributed by atoms with van der Waals surface area (Å²) in [5.74, 6) is 10.7. The van der Waals surface area contributed by atoms with Crippen LogP contribution in [0.15, 0.2) is 61.2 Å². The van der Waals surface area contributed by atoms with Crippen LogP contribution in [0.4, 0.5) is 0 Å². The third kappa shape index (κ3) is 35.9. The summed E-state index contributed by atoms with van der Waals surface area (Å²) >= 11 is 2.94. The number of rotatable bonds is 16. The molecule has 91 heavy (non-hydrogen) atoms. The van der Waals surface area contributed by atoms with E-state index in [1.165, 1.54) is 62.3 Å². The van der Waals surface area contributed by atoms with Crippen LogP contribution in [-0.4, -0.2) is 244 Å². The molecule has 35 heteroatoms. The molecular formula is C56H83BrN16O18. The van der Waals surface area contributed by atoms with Crippen molar-refractivity contribution in [1.29, 1.82) is 0 Å². The van der Waals surface area contributed by atoms with E-state index in [9.17, 15) is 47.9 Å². The summed E-state index contributed by atoms with van der Waals surface area (Å²) in [6.07, 6.45) is 7.96. The molecule has 12 N–H and O–H groups in total. The minimum absolute atomic E-state index is 0.00810. The Balaban J connectivity index is 0.000000577. The lowest BCUT2D eigenvalue weighted by Crippen LogP contribution is -2.50. The number of amides is 7. The van der Waals surface area contributed by atoms with Gasteiger partial charge < -0.3 is 58.7 Å². The number of aliphatic hydroxyl groups is 1. The molecule has 0 radical (unpaired) electrons. The van der Waals surface area contributed by atoms with E-state index in [1.54, 1.807) is 13.8 Å².